The standard InChI is InChI=1S/C13H19NO3/c1-9-12(13(15)16)7-11(17-9)8-14-6-5-10-3-2-4-10/h7,10,14H,2-6,8H2,1H3,(H,15,16). The highest BCUT2D eigenvalue weighted by molar-refractivity contribution is 5.88. The van der Waals surface area contributed by atoms with E-state index in [9.17, 15) is 4.79 Å². The van der Waals surface area contributed by atoms with Crippen LogP contribution < -0.4 is 5.32 Å². The molecule has 0 aromatic carbocycles. The second-order valence-corrected chi connectivity index (χ2v) is 4.75. The molecule has 1 aromatic heterocycles. The van der Waals surface area contributed by atoms with Crippen molar-refractivity contribution in [1.29, 1.82) is 0 Å². The Balaban J connectivity index is 1.74. The molecule has 1 fully saturated rings. The fourth-order valence-corrected chi connectivity index (χ4v) is 2.14. The minimum Gasteiger partial charge on any atom is -0.478 e. The molecule has 0 saturated heterocycles. The zero-order chi connectivity index (χ0) is 12.3. The summed E-state index contributed by atoms with van der Waals surface area (Å²) < 4.78 is 5.38. The molecule has 1 aliphatic carbocycles. The maximum atomic E-state index is 10.8. The van der Waals surface area contributed by atoms with Gasteiger partial charge in [0.2, 0.25) is 0 Å². The molecule has 0 atom stereocenters. The number of hydrogen-bond donors (Lipinski definition) is 2. The van der Waals surface area contributed by atoms with Crippen molar-refractivity contribution in [2.45, 2.75) is 39.2 Å². The molecule has 1 aliphatic rings. The van der Waals surface area contributed by atoms with Crippen molar-refractivity contribution < 1.29 is 14.3 Å². The third-order valence-electron chi connectivity index (χ3n) is 3.45. The van der Waals surface area contributed by atoms with Crippen molar-refractivity contribution in [3.63, 3.8) is 0 Å². The second kappa shape index (κ2) is 5.36. The molecule has 94 valence electrons. The van der Waals surface area contributed by atoms with E-state index >= 15 is 0 Å². The molecule has 0 amide bonds. The van der Waals surface area contributed by atoms with Gasteiger partial charge < -0.3 is 14.8 Å². The number of furan rings is 1. The van der Waals surface area contributed by atoms with Gasteiger partial charge in [0.15, 0.2) is 0 Å². The zero-order valence-electron chi connectivity index (χ0n) is 10.2. The van der Waals surface area contributed by atoms with E-state index in [1.165, 1.54) is 25.7 Å². The Morgan fingerprint density at radius 3 is 2.88 bits per heavy atom. The number of aryl methyl sites for hydroxylation is 1. The summed E-state index contributed by atoms with van der Waals surface area (Å²) in [6.45, 7) is 3.27. The Bertz CT molecular complexity index is 393. The molecule has 1 saturated carbocycles. The highest BCUT2D eigenvalue weighted by atomic mass is 16.4. The zero-order valence-corrected chi connectivity index (χ0v) is 10.2. The molecule has 0 unspecified atom stereocenters. The topological polar surface area (TPSA) is 62.5 Å². The summed E-state index contributed by atoms with van der Waals surface area (Å²) >= 11 is 0. The fraction of sp³-hybridized carbons (Fsp3) is 0.615. The largest absolute Gasteiger partial charge is 0.478 e. The van der Waals surface area contributed by atoms with Crippen LogP contribution in [0, 0.1) is 12.8 Å². The van der Waals surface area contributed by atoms with Crippen LogP contribution in [0.5, 0.6) is 0 Å². The van der Waals surface area contributed by atoms with Crippen LogP contribution in [-0.2, 0) is 6.54 Å². The molecular weight excluding hydrogens is 218 g/mol. The average molecular weight is 237 g/mol. The predicted molar refractivity (Wildman–Crippen MR) is 64.1 cm³/mol. The van der Waals surface area contributed by atoms with Crippen LogP contribution in [0.3, 0.4) is 0 Å². The van der Waals surface area contributed by atoms with Gasteiger partial charge in [-0.2, -0.15) is 0 Å². The normalized spacial score (nSPS) is 15.8. The van der Waals surface area contributed by atoms with Crippen molar-refractivity contribution in [1.82, 2.24) is 5.32 Å². The summed E-state index contributed by atoms with van der Waals surface area (Å²) in [4.78, 5) is 10.8. The smallest absolute Gasteiger partial charge is 0.339 e. The van der Waals surface area contributed by atoms with Crippen LogP contribution in [0.2, 0.25) is 0 Å². The van der Waals surface area contributed by atoms with Crippen LogP contribution in [0.1, 0.15) is 47.6 Å². The van der Waals surface area contributed by atoms with Crippen molar-refractivity contribution in [3.8, 4) is 0 Å². The minimum atomic E-state index is -0.924. The summed E-state index contributed by atoms with van der Waals surface area (Å²) in [5.74, 6) is 1.16. The molecule has 0 spiro atoms. The van der Waals surface area contributed by atoms with Gasteiger partial charge in [0, 0.05) is 0 Å². The number of nitrogens with one attached hydrogen (secondary N) is 1. The molecule has 1 heterocycles. The van der Waals surface area contributed by atoms with Crippen LogP contribution in [0.15, 0.2) is 10.5 Å². The molecule has 4 nitrogen and oxygen atoms in total. The summed E-state index contributed by atoms with van der Waals surface area (Å²) in [5, 5.41) is 12.2. The first kappa shape index (κ1) is 12.2. The van der Waals surface area contributed by atoms with E-state index in [1.54, 1.807) is 13.0 Å². The SMILES string of the molecule is Cc1oc(CNCCC2CCC2)cc1C(=O)O. The van der Waals surface area contributed by atoms with E-state index in [0.717, 1.165) is 12.5 Å². The van der Waals surface area contributed by atoms with E-state index < -0.39 is 5.97 Å². The predicted octanol–water partition coefficient (Wildman–Crippen LogP) is 2.57. The molecule has 0 radical (unpaired) electrons. The first-order valence-electron chi connectivity index (χ1n) is 6.20. The van der Waals surface area contributed by atoms with Gasteiger partial charge in [-0.15, -0.1) is 0 Å². The van der Waals surface area contributed by atoms with E-state index in [1.807, 2.05) is 0 Å². The Labute approximate surface area is 101 Å². The van der Waals surface area contributed by atoms with Gasteiger partial charge in [0.05, 0.1) is 6.54 Å². The maximum Gasteiger partial charge on any atom is 0.339 e. The highest BCUT2D eigenvalue weighted by Gasteiger charge is 2.17. The Hall–Kier alpha value is -1.29. The summed E-state index contributed by atoms with van der Waals surface area (Å²) in [5.41, 5.74) is 0.265. The lowest BCUT2D eigenvalue weighted by Gasteiger charge is -2.25. The summed E-state index contributed by atoms with van der Waals surface area (Å²) in [6, 6.07) is 1.61. The second-order valence-electron chi connectivity index (χ2n) is 4.75. The van der Waals surface area contributed by atoms with Crippen LogP contribution >= 0.6 is 0 Å². The molecule has 0 aliphatic heterocycles. The molecule has 0 bridgehead atoms. The lowest BCUT2D eigenvalue weighted by molar-refractivity contribution is 0.0695. The minimum absolute atomic E-state index is 0.265. The quantitative estimate of drug-likeness (QED) is 0.746. The Kier molecular flexibility index (Phi) is 3.84. The third-order valence-corrected chi connectivity index (χ3v) is 3.45. The van der Waals surface area contributed by atoms with Crippen molar-refractivity contribution in [2.75, 3.05) is 6.54 Å². The van der Waals surface area contributed by atoms with Crippen molar-refractivity contribution >= 4 is 5.97 Å². The molecular formula is C13H19NO3. The first-order chi connectivity index (χ1) is 8.16. The number of aromatic carboxylic acids is 1. The number of carboxylic acid groups (broad SMARTS) is 1. The van der Waals surface area contributed by atoms with Crippen molar-refractivity contribution in [2.24, 2.45) is 5.92 Å². The molecule has 2 N–H and O–H groups in total. The monoisotopic (exact) mass is 237 g/mol. The lowest BCUT2D eigenvalue weighted by atomic mass is 9.83. The molecule has 1 aromatic rings. The summed E-state index contributed by atoms with van der Waals surface area (Å²) in [7, 11) is 0. The Morgan fingerprint density at radius 2 is 2.35 bits per heavy atom. The van der Waals surface area contributed by atoms with Gasteiger partial charge in [0.25, 0.3) is 0 Å². The van der Waals surface area contributed by atoms with Gasteiger partial charge in [-0.25, -0.2) is 4.79 Å². The lowest BCUT2D eigenvalue weighted by Crippen LogP contribution is -2.20. The number of rotatable bonds is 6. The van der Waals surface area contributed by atoms with Gasteiger partial charge in [0.1, 0.15) is 17.1 Å². The van der Waals surface area contributed by atoms with Crippen LogP contribution in [-0.4, -0.2) is 17.6 Å². The van der Waals surface area contributed by atoms with Gasteiger partial charge in [-0.3, -0.25) is 0 Å². The maximum absolute atomic E-state index is 10.8. The average Bonchev–Trinajstić information content (AvgIpc) is 2.57. The van der Waals surface area contributed by atoms with Gasteiger partial charge >= 0.3 is 5.97 Å². The van der Waals surface area contributed by atoms with Crippen LogP contribution in [0.25, 0.3) is 0 Å². The summed E-state index contributed by atoms with van der Waals surface area (Å²) in [6.07, 6.45) is 5.32. The number of carbonyl (C=O) groups is 1. The third kappa shape index (κ3) is 3.09. The van der Waals surface area contributed by atoms with Crippen LogP contribution in [0.4, 0.5) is 0 Å². The number of hydrogen-bond acceptors (Lipinski definition) is 3. The number of carboxylic acids is 1. The molecule has 4 heteroatoms. The van der Waals surface area contributed by atoms with Crippen molar-refractivity contribution in [3.05, 3.63) is 23.2 Å². The van der Waals surface area contributed by atoms with Gasteiger partial charge in [-0.05, 0) is 31.9 Å². The fourth-order valence-electron chi connectivity index (χ4n) is 2.14. The van der Waals surface area contributed by atoms with E-state index in [0.29, 0.717) is 18.1 Å². The van der Waals surface area contributed by atoms with Gasteiger partial charge in [-0.1, -0.05) is 19.3 Å². The molecule has 17 heavy (non-hydrogen) atoms. The Morgan fingerprint density at radius 1 is 1.59 bits per heavy atom. The molecule has 2 rings (SSSR count). The van der Waals surface area contributed by atoms with E-state index in [-0.39, 0.29) is 5.56 Å². The van der Waals surface area contributed by atoms with E-state index in [4.69, 9.17) is 9.52 Å². The first-order valence-corrected chi connectivity index (χ1v) is 6.20. The van der Waals surface area contributed by atoms with E-state index in [2.05, 4.69) is 5.32 Å². The highest BCUT2D eigenvalue weighted by Crippen LogP contribution is 2.28.